The summed E-state index contributed by atoms with van der Waals surface area (Å²) in [7, 11) is 0. The van der Waals surface area contributed by atoms with Crippen LogP contribution >= 0.6 is 0 Å². The quantitative estimate of drug-likeness (QED) is 0.752. The Hall–Kier alpha value is -0.0800. The first-order valence-electron chi connectivity index (χ1n) is 6.43. The smallest absolute Gasteiger partial charge is 0.0741 e. The van der Waals surface area contributed by atoms with Crippen molar-refractivity contribution in [2.75, 3.05) is 0 Å². The molecule has 90 valence electrons. The maximum absolute atomic E-state index is 9.91. The van der Waals surface area contributed by atoms with Gasteiger partial charge >= 0.3 is 0 Å². The van der Waals surface area contributed by atoms with Crippen LogP contribution in [-0.2, 0) is 0 Å². The Morgan fingerprint density at radius 3 is 2.47 bits per heavy atom. The zero-order valence-corrected chi connectivity index (χ0v) is 10.7. The van der Waals surface area contributed by atoms with Crippen LogP contribution in [-0.4, -0.2) is 22.8 Å². The second-order valence-electron chi connectivity index (χ2n) is 5.60. The third kappa shape index (κ3) is 3.76. The summed E-state index contributed by atoms with van der Waals surface area (Å²) in [6.45, 7) is 8.13. The van der Waals surface area contributed by atoms with Crippen molar-refractivity contribution in [3.63, 3.8) is 0 Å². The molecular weight excluding hydrogens is 186 g/mol. The van der Waals surface area contributed by atoms with E-state index >= 15 is 0 Å². The van der Waals surface area contributed by atoms with Gasteiger partial charge in [-0.2, -0.15) is 0 Å². The summed E-state index contributed by atoms with van der Waals surface area (Å²) in [5.74, 6) is 0.809. The largest absolute Gasteiger partial charge is 0.389 e. The minimum atomic E-state index is -0.615. The lowest BCUT2D eigenvalue weighted by atomic mass is 9.82. The van der Waals surface area contributed by atoms with Gasteiger partial charge in [-0.1, -0.05) is 26.2 Å². The van der Waals surface area contributed by atoms with Gasteiger partial charge in [0.25, 0.3) is 0 Å². The van der Waals surface area contributed by atoms with Crippen LogP contribution in [0.3, 0.4) is 0 Å². The molecular formula is C13H27NO. The molecule has 0 amide bonds. The number of hydrogen-bond donors (Lipinski definition) is 2. The predicted octanol–water partition coefficient (Wildman–Crippen LogP) is 2.70. The first-order valence-corrected chi connectivity index (χ1v) is 6.43. The standard InChI is InChI=1S/C13H27NO/c1-5-11-8-6-7-9-12(11)14-10(2)13(3,4)15/h10-12,14-15H,5-9H2,1-4H3. The molecule has 3 atom stereocenters. The highest BCUT2D eigenvalue weighted by molar-refractivity contribution is 4.87. The fraction of sp³-hybridized carbons (Fsp3) is 1.00. The van der Waals surface area contributed by atoms with Gasteiger partial charge in [-0.15, -0.1) is 0 Å². The van der Waals surface area contributed by atoms with Crippen molar-refractivity contribution in [3.05, 3.63) is 0 Å². The summed E-state index contributed by atoms with van der Waals surface area (Å²) in [4.78, 5) is 0. The first kappa shape index (κ1) is 13.0. The van der Waals surface area contributed by atoms with Crippen LogP contribution in [0.1, 0.15) is 59.8 Å². The molecule has 0 saturated heterocycles. The van der Waals surface area contributed by atoms with E-state index in [1.54, 1.807) is 0 Å². The second-order valence-corrected chi connectivity index (χ2v) is 5.60. The summed E-state index contributed by atoms with van der Waals surface area (Å²) >= 11 is 0. The molecule has 15 heavy (non-hydrogen) atoms. The van der Waals surface area contributed by atoms with E-state index in [0.717, 1.165) is 5.92 Å². The van der Waals surface area contributed by atoms with E-state index in [2.05, 4.69) is 19.2 Å². The third-order valence-electron chi connectivity index (χ3n) is 3.96. The molecule has 1 rings (SSSR count). The van der Waals surface area contributed by atoms with Gasteiger partial charge in [0.2, 0.25) is 0 Å². The molecule has 0 spiro atoms. The van der Waals surface area contributed by atoms with Crippen LogP contribution in [0.15, 0.2) is 0 Å². The fourth-order valence-corrected chi connectivity index (χ4v) is 2.44. The van der Waals surface area contributed by atoms with Gasteiger partial charge in [0.05, 0.1) is 5.60 Å². The van der Waals surface area contributed by atoms with E-state index in [0.29, 0.717) is 6.04 Å². The highest BCUT2D eigenvalue weighted by Gasteiger charge is 2.29. The van der Waals surface area contributed by atoms with Crippen LogP contribution in [0.2, 0.25) is 0 Å². The number of rotatable bonds is 4. The minimum Gasteiger partial charge on any atom is -0.389 e. The lowest BCUT2D eigenvalue weighted by Crippen LogP contribution is -2.51. The molecule has 1 aliphatic carbocycles. The van der Waals surface area contributed by atoms with Gasteiger partial charge < -0.3 is 10.4 Å². The Bertz CT molecular complexity index is 185. The molecule has 1 fully saturated rings. The molecule has 3 unspecified atom stereocenters. The van der Waals surface area contributed by atoms with E-state index in [1.165, 1.54) is 32.1 Å². The van der Waals surface area contributed by atoms with E-state index < -0.39 is 5.60 Å². The van der Waals surface area contributed by atoms with Crippen molar-refractivity contribution < 1.29 is 5.11 Å². The van der Waals surface area contributed by atoms with Gasteiger partial charge in [-0.05, 0) is 39.5 Å². The zero-order chi connectivity index (χ0) is 11.5. The van der Waals surface area contributed by atoms with Crippen molar-refractivity contribution in [2.45, 2.75) is 77.5 Å². The van der Waals surface area contributed by atoms with Crippen molar-refractivity contribution in [2.24, 2.45) is 5.92 Å². The summed E-state index contributed by atoms with van der Waals surface area (Å²) in [6.07, 6.45) is 6.61. The van der Waals surface area contributed by atoms with E-state index in [9.17, 15) is 5.11 Å². The van der Waals surface area contributed by atoms with Gasteiger partial charge in [-0.3, -0.25) is 0 Å². The molecule has 0 heterocycles. The molecule has 1 aliphatic rings. The van der Waals surface area contributed by atoms with E-state index in [-0.39, 0.29) is 6.04 Å². The lowest BCUT2D eigenvalue weighted by molar-refractivity contribution is 0.0331. The lowest BCUT2D eigenvalue weighted by Gasteiger charge is -2.37. The monoisotopic (exact) mass is 213 g/mol. The average Bonchev–Trinajstić information content (AvgIpc) is 2.17. The Kier molecular flexibility index (Phi) is 4.60. The average molecular weight is 213 g/mol. The van der Waals surface area contributed by atoms with Gasteiger partial charge in [0.1, 0.15) is 0 Å². The van der Waals surface area contributed by atoms with Crippen molar-refractivity contribution >= 4 is 0 Å². The third-order valence-corrected chi connectivity index (χ3v) is 3.96. The van der Waals surface area contributed by atoms with Gasteiger partial charge in [-0.25, -0.2) is 0 Å². The Balaban J connectivity index is 2.48. The highest BCUT2D eigenvalue weighted by atomic mass is 16.3. The van der Waals surface area contributed by atoms with Crippen LogP contribution in [0.5, 0.6) is 0 Å². The predicted molar refractivity (Wildman–Crippen MR) is 64.9 cm³/mol. The fourth-order valence-electron chi connectivity index (χ4n) is 2.44. The normalized spacial score (nSPS) is 30.2. The molecule has 0 aromatic rings. The molecule has 0 aliphatic heterocycles. The molecule has 1 saturated carbocycles. The molecule has 2 nitrogen and oxygen atoms in total. The molecule has 2 N–H and O–H groups in total. The summed E-state index contributed by atoms with van der Waals surface area (Å²) < 4.78 is 0. The van der Waals surface area contributed by atoms with Gasteiger partial charge in [0.15, 0.2) is 0 Å². The Labute approximate surface area is 94.5 Å². The van der Waals surface area contributed by atoms with Crippen molar-refractivity contribution in [3.8, 4) is 0 Å². The molecule has 0 bridgehead atoms. The maximum Gasteiger partial charge on any atom is 0.0741 e. The zero-order valence-electron chi connectivity index (χ0n) is 10.7. The SMILES string of the molecule is CCC1CCCCC1NC(C)C(C)(C)O. The van der Waals surface area contributed by atoms with Gasteiger partial charge in [0, 0.05) is 12.1 Å². The molecule has 0 radical (unpaired) electrons. The van der Waals surface area contributed by atoms with E-state index in [4.69, 9.17) is 0 Å². The van der Waals surface area contributed by atoms with Crippen LogP contribution in [0.25, 0.3) is 0 Å². The Morgan fingerprint density at radius 2 is 1.93 bits per heavy atom. The highest BCUT2D eigenvalue weighted by Crippen LogP contribution is 2.27. The number of hydrogen-bond acceptors (Lipinski definition) is 2. The molecule has 2 heteroatoms. The second kappa shape index (κ2) is 5.31. The van der Waals surface area contributed by atoms with Crippen LogP contribution < -0.4 is 5.32 Å². The van der Waals surface area contributed by atoms with E-state index in [1.807, 2.05) is 13.8 Å². The minimum absolute atomic E-state index is 0.176. The molecule has 0 aromatic carbocycles. The topological polar surface area (TPSA) is 32.3 Å². The van der Waals surface area contributed by atoms with Crippen LogP contribution in [0.4, 0.5) is 0 Å². The van der Waals surface area contributed by atoms with Crippen molar-refractivity contribution in [1.82, 2.24) is 5.32 Å². The van der Waals surface area contributed by atoms with Crippen LogP contribution in [0, 0.1) is 5.92 Å². The summed E-state index contributed by atoms with van der Waals surface area (Å²) in [6, 6.07) is 0.792. The summed E-state index contributed by atoms with van der Waals surface area (Å²) in [5.41, 5.74) is -0.615. The van der Waals surface area contributed by atoms with Crippen molar-refractivity contribution in [1.29, 1.82) is 0 Å². The Morgan fingerprint density at radius 1 is 1.33 bits per heavy atom. The summed E-state index contributed by atoms with van der Waals surface area (Å²) in [5, 5.41) is 13.5. The first-order chi connectivity index (χ1) is 6.95. The number of aliphatic hydroxyl groups is 1. The maximum atomic E-state index is 9.91. The molecule has 0 aromatic heterocycles. The number of nitrogens with one attached hydrogen (secondary N) is 1.